The van der Waals surface area contributed by atoms with Crippen molar-refractivity contribution in [2.75, 3.05) is 39.8 Å². The molecule has 4 fully saturated rings. The highest BCUT2D eigenvalue weighted by Crippen LogP contribution is 2.52. The van der Waals surface area contributed by atoms with Gasteiger partial charge in [0.1, 0.15) is 58.7 Å². The Morgan fingerprint density at radius 1 is 0.984 bits per heavy atom. The molecule has 1 aliphatic heterocycles. The maximum absolute atomic E-state index is 14.9. The first-order valence-corrected chi connectivity index (χ1v) is 22.6. The summed E-state index contributed by atoms with van der Waals surface area (Å²) in [7, 11) is 4.31. The highest BCUT2D eigenvalue weighted by molar-refractivity contribution is 7.14. The molecule has 3 saturated carbocycles. The van der Waals surface area contributed by atoms with Crippen molar-refractivity contribution >= 4 is 62.8 Å². The molecule has 3 aliphatic carbocycles. The molecule has 1 aromatic carbocycles. The van der Waals surface area contributed by atoms with Gasteiger partial charge in [0.25, 0.3) is 0 Å². The van der Waals surface area contributed by atoms with Crippen LogP contribution in [0.5, 0.6) is 11.5 Å². The number of rotatable bonds is 17. The van der Waals surface area contributed by atoms with E-state index in [-0.39, 0.29) is 42.7 Å². The number of esters is 1. The van der Waals surface area contributed by atoms with Crippen LogP contribution < -0.4 is 25.4 Å². The van der Waals surface area contributed by atoms with Crippen LogP contribution in [0.15, 0.2) is 23.6 Å². The number of amides is 3. The van der Waals surface area contributed by atoms with Crippen LogP contribution in [-0.4, -0.2) is 115 Å². The Labute approximate surface area is 371 Å². The fraction of sp³-hybridized carbons (Fsp3) is 0.636. The zero-order chi connectivity index (χ0) is 44.7. The molecular weight excluding hydrogens is 840 g/mol. The van der Waals surface area contributed by atoms with Crippen LogP contribution in [0.4, 0.5) is 9.93 Å². The number of halogens is 1. The Morgan fingerprint density at radius 3 is 2.34 bits per heavy atom. The number of benzene rings is 1. The van der Waals surface area contributed by atoms with E-state index in [1.54, 1.807) is 18.2 Å². The van der Waals surface area contributed by atoms with Gasteiger partial charge in [0.15, 0.2) is 11.4 Å². The normalized spacial score (nSPS) is 25.6. The molecule has 7 unspecified atom stereocenters. The van der Waals surface area contributed by atoms with Gasteiger partial charge in [-0.15, -0.1) is 11.3 Å². The molecule has 3 heterocycles. The van der Waals surface area contributed by atoms with E-state index in [0.717, 1.165) is 12.8 Å². The highest BCUT2D eigenvalue weighted by Gasteiger charge is 2.62. The number of methoxy groups -OCH3 is 3. The average molecular weight is 900 g/mol. The number of nitrogens with zero attached hydrogens (tertiary/aromatic N) is 3. The van der Waals surface area contributed by atoms with Crippen molar-refractivity contribution in [1.82, 2.24) is 25.5 Å². The number of thiazole rings is 1. The number of fused-ring (bicyclic) bond motifs is 2. The average Bonchev–Trinajstić information content (AvgIpc) is 3.89. The third-order valence-electron chi connectivity index (χ3n) is 12.4. The van der Waals surface area contributed by atoms with Crippen molar-refractivity contribution in [2.45, 2.75) is 122 Å². The number of alkyl carbamates (subject to hydrolysis) is 1. The van der Waals surface area contributed by atoms with E-state index in [4.69, 9.17) is 50.0 Å². The number of ether oxygens (including phenoxy) is 6. The first kappa shape index (κ1) is 45.6. The van der Waals surface area contributed by atoms with Gasteiger partial charge in [0, 0.05) is 43.5 Å². The Morgan fingerprint density at radius 2 is 1.71 bits per heavy atom. The van der Waals surface area contributed by atoms with Gasteiger partial charge in [-0.1, -0.05) is 45.7 Å². The summed E-state index contributed by atoms with van der Waals surface area (Å²) in [5.74, 6) is 0.289. The van der Waals surface area contributed by atoms with Crippen LogP contribution >= 0.6 is 22.9 Å². The maximum Gasteiger partial charge on any atom is 0.408 e. The van der Waals surface area contributed by atoms with E-state index in [0.29, 0.717) is 63.6 Å². The lowest BCUT2D eigenvalue weighted by molar-refractivity contribution is -0.148. The van der Waals surface area contributed by atoms with Crippen LogP contribution in [0.1, 0.15) is 80.1 Å². The molecular formula is C44H59ClN6O10S. The fourth-order valence-corrected chi connectivity index (χ4v) is 9.95. The number of pyridine rings is 1. The SMILES string of the molecule is CCC1CC1(NC(=O)C1CC(Oc2cc(-c3csc(NC(C)C)n3)nc3c(Cl)c(OCC(OC)OC)ccc23)CN1C(=O)C(NC(=O)OC1CC2CC2C1)C(C)(C)C)C(=O)OC. The number of carbonyl (C=O) groups excluding carboxylic acids is 4. The summed E-state index contributed by atoms with van der Waals surface area (Å²) in [5.41, 5.74) is -0.543. The minimum atomic E-state index is -1.20. The second-order valence-electron chi connectivity index (χ2n) is 18.3. The monoisotopic (exact) mass is 898 g/mol. The summed E-state index contributed by atoms with van der Waals surface area (Å²) in [4.78, 5) is 66.9. The molecule has 2 aromatic heterocycles. The summed E-state index contributed by atoms with van der Waals surface area (Å²) in [5, 5.41) is 12.5. The van der Waals surface area contributed by atoms with Crippen molar-refractivity contribution in [2.24, 2.45) is 23.2 Å². The summed E-state index contributed by atoms with van der Waals surface area (Å²) >= 11 is 8.46. The van der Waals surface area contributed by atoms with Gasteiger partial charge < -0.3 is 49.3 Å². The summed E-state index contributed by atoms with van der Waals surface area (Å²) in [6.07, 6.45) is 1.74. The van der Waals surface area contributed by atoms with E-state index in [9.17, 15) is 19.2 Å². The molecule has 0 spiro atoms. The smallest absolute Gasteiger partial charge is 0.408 e. The van der Waals surface area contributed by atoms with Crippen molar-refractivity contribution in [3.8, 4) is 22.9 Å². The Kier molecular flexibility index (Phi) is 13.5. The Bertz CT molecular complexity index is 2150. The van der Waals surface area contributed by atoms with Crippen molar-refractivity contribution in [1.29, 1.82) is 0 Å². The molecule has 3 N–H and O–H groups in total. The molecule has 18 heteroatoms. The molecule has 1 saturated heterocycles. The van der Waals surface area contributed by atoms with Crippen LogP contribution in [0, 0.1) is 23.2 Å². The van der Waals surface area contributed by atoms with Gasteiger partial charge in [-0.25, -0.2) is 19.6 Å². The molecule has 338 valence electrons. The topological polar surface area (TPSA) is 189 Å². The minimum absolute atomic E-state index is 0.0166. The third kappa shape index (κ3) is 9.70. The molecule has 7 atom stereocenters. The molecule has 3 aromatic rings. The Balaban J connectivity index is 1.22. The number of carbonyl (C=O) groups is 4. The van der Waals surface area contributed by atoms with Crippen molar-refractivity contribution in [3.05, 3.63) is 28.6 Å². The fourth-order valence-electron chi connectivity index (χ4n) is 8.83. The predicted octanol–water partition coefficient (Wildman–Crippen LogP) is 6.58. The summed E-state index contributed by atoms with van der Waals surface area (Å²) in [6.45, 7) is 11.6. The molecule has 7 rings (SSSR count). The molecule has 16 nitrogen and oxygen atoms in total. The third-order valence-corrected chi connectivity index (χ3v) is 13.5. The lowest BCUT2D eigenvalue weighted by Gasteiger charge is -2.35. The number of hydrogen-bond acceptors (Lipinski definition) is 14. The van der Waals surface area contributed by atoms with Crippen LogP contribution in [0.3, 0.4) is 0 Å². The van der Waals surface area contributed by atoms with Crippen LogP contribution in [-0.2, 0) is 33.3 Å². The number of nitrogens with one attached hydrogen (secondary N) is 3. The second-order valence-corrected chi connectivity index (χ2v) is 19.5. The molecule has 62 heavy (non-hydrogen) atoms. The molecule has 3 amide bonds. The van der Waals surface area contributed by atoms with Gasteiger partial charge >= 0.3 is 12.1 Å². The lowest BCUT2D eigenvalue weighted by Crippen LogP contribution is -2.59. The van der Waals surface area contributed by atoms with E-state index in [1.807, 2.05) is 46.9 Å². The largest absolute Gasteiger partial charge is 0.488 e. The first-order chi connectivity index (χ1) is 29.5. The highest BCUT2D eigenvalue weighted by atomic mass is 35.5. The minimum Gasteiger partial charge on any atom is -0.488 e. The van der Waals surface area contributed by atoms with E-state index >= 15 is 0 Å². The standard InChI is InChI=1S/C44H59ClN6O10S/c1-10-25-18-44(25,40(54)58-9)50-38(52)31-16-27(19-51(31)39(53)37(43(4,5)6)49-42(55)61-26-14-23-13-24(23)15-26)60-33-17-29(30-21-62-41(48-30)46-22(2)3)47-36-28(33)11-12-32(35(36)45)59-20-34(56-7)57-8/h11-12,17,21-27,31,34,37H,10,13-16,18-20H2,1-9H3,(H,46,48)(H,49,55)(H,50,52). The summed E-state index contributed by atoms with van der Waals surface area (Å²) < 4.78 is 34.3. The van der Waals surface area contributed by atoms with Gasteiger partial charge in [-0.2, -0.15) is 0 Å². The molecule has 4 aliphatic rings. The molecule has 0 radical (unpaired) electrons. The number of anilines is 1. The number of likely N-dealkylation sites (tertiary alicyclic amines) is 1. The van der Waals surface area contributed by atoms with Gasteiger partial charge in [-0.05, 0) is 74.8 Å². The second kappa shape index (κ2) is 18.3. The van der Waals surface area contributed by atoms with E-state index in [2.05, 4.69) is 16.0 Å². The summed E-state index contributed by atoms with van der Waals surface area (Å²) in [6, 6.07) is 3.28. The lowest BCUT2D eigenvalue weighted by atomic mass is 9.85. The van der Waals surface area contributed by atoms with Crippen molar-refractivity contribution < 1.29 is 47.6 Å². The zero-order valence-electron chi connectivity index (χ0n) is 36.9. The predicted molar refractivity (Wildman–Crippen MR) is 233 cm³/mol. The quantitative estimate of drug-likeness (QED) is 0.0976. The number of aromatic nitrogens is 2. The Hall–Kier alpha value is -4.45. The van der Waals surface area contributed by atoms with Gasteiger partial charge in [0.05, 0.1) is 24.9 Å². The van der Waals surface area contributed by atoms with Crippen LogP contribution in [0.25, 0.3) is 22.3 Å². The van der Waals surface area contributed by atoms with Gasteiger partial charge in [0.2, 0.25) is 11.8 Å². The maximum atomic E-state index is 14.9. The van der Waals surface area contributed by atoms with Crippen molar-refractivity contribution in [3.63, 3.8) is 0 Å². The first-order valence-electron chi connectivity index (χ1n) is 21.4. The number of hydrogen-bond donors (Lipinski definition) is 3. The van der Waals surface area contributed by atoms with Gasteiger partial charge in [-0.3, -0.25) is 9.59 Å². The van der Waals surface area contributed by atoms with E-state index < -0.39 is 59.3 Å². The zero-order valence-corrected chi connectivity index (χ0v) is 38.4. The molecule has 0 bridgehead atoms. The van der Waals surface area contributed by atoms with E-state index in [1.165, 1.54) is 44.0 Å². The van der Waals surface area contributed by atoms with Crippen LogP contribution in [0.2, 0.25) is 5.02 Å².